The maximum Gasteiger partial charge on any atom is 0.255 e. The first-order valence-corrected chi connectivity index (χ1v) is 11.9. The highest BCUT2D eigenvalue weighted by Crippen LogP contribution is 2.26. The Morgan fingerprint density at radius 2 is 1.85 bits per heavy atom. The lowest BCUT2D eigenvalue weighted by atomic mass is 9.97. The minimum absolute atomic E-state index is 0.0764. The molecule has 0 bridgehead atoms. The van der Waals surface area contributed by atoms with Crippen molar-refractivity contribution in [3.8, 4) is 0 Å². The molecule has 4 rings (SSSR count). The van der Waals surface area contributed by atoms with Crippen LogP contribution in [0.15, 0.2) is 42.6 Å². The molecule has 1 saturated heterocycles. The molecule has 1 atom stereocenters. The Bertz CT molecular complexity index is 1180. The number of carbonyl (C=O) groups excluding carboxylic acids is 2. The van der Waals surface area contributed by atoms with E-state index in [4.69, 9.17) is 10.7 Å². The highest BCUT2D eigenvalue weighted by molar-refractivity contribution is 5.95. The van der Waals surface area contributed by atoms with Gasteiger partial charge in [0.25, 0.3) is 5.91 Å². The predicted octanol–water partition coefficient (Wildman–Crippen LogP) is 2.94. The maximum atomic E-state index is 13.3. The third-order valence-electron chi connectivity index (χ3n) is 6.59. The summed E-state index contributed by atoms with van der Waals surface area (Å²) in [5, 5.41) is 0. The van der Waals surface area contributed by atoms with E-state index >= 15 is 0 Å². The molecule has 2 N–H and O–H groups in total. The molecule has 180 valence electrons. The number of benzene rings is 1. The summed E-state index contributed by atoms with van der Waals surface area (Å²) in [5.41, 5.74) is 10.2. The third-order valence-corrected chi connectivity index (χ3v) is 6.59. The number of rotatable bonds is 7. The number of fused-ring (bicyclic) bond motifs is 1. The molecule has 0 spiro atoms. The highest BCUT2D eigenvalue weighted by atomic mass is 16.2. The summed E-state index contributed by atoms with van der Waals surface area (Å²) in [7, 11) is 6.12. The van der Waals surface area contributed by atoms with Crippen LogP contribution in [-0.2, 0) is 17.8 Å². The number of pyridine rings is 1. The van der Waals surface area contributed by atoms with Crippen molar-refractivity contribution in [3.05, 3.63) is 59.4 Å². The van der Waals surface area contributed by atoms with Crippen molar-refractivity contribution in [2.75, 3.05) is 44.0 Å². The number of amides is 2. The van der Waals surface area contributed by atoms with Crippen LogP contribution in [0.4, 0.5) is 11.5 Å². The van der Waals surface area contributed by atoms with Crippen LogP contribution in [0.25, 0.3) is 5.65 Å². The summed E-state index contributed by atoms with van der Waals surface area (Å²) in [6, 6.07) is 12.2. The molecule has 2 aromatic heterocycles. The van der Waals surface area contributed by atoms with E-state index in [0.29, 0.717) is 18.7 Å². The molecule has 0 radical (unpaired) electrons. The van der Waals surface area contributed by atoms with Crippen molar-refractivity contribution in [1.82, 2.24) is 14.3 Å². The SMILES string of the molecule is CCc1nc2ccc(C(=O)N3CCCC(C(N)=O)C3)cn2c1N(C)Cc1ccc(N(C)C)cc1. The fourth-order valence-electron chi connectivity index (χ4n) is 4.67. The van der Waals surface area contributed by atoms with Crippen molar-refractivity contribution in [2.45, 2.75) is 32.7 Å². The number of carbonyl (C=O) groups is 2. The van der Waals surface area contributed by atoms with E-state index in [0.717, 1.165) is 48.7 Å². The first kappa shape index (κ1) is 23.6. The van der Waals surface area contributed by atoms with Crippen LogP contribution in [0, 0.1) is 5.92 Å². The van der Waals surface area contributed by atoms with Gasteiger partial charge in [0.15, 0.2) is 0 Å². The quantitative estimate of drug-likeness (QED) is 0.583. The van der Waals surface area contributed by atoms with Crippen molar-refractivity contribution in [3.63, 3.8) is 0 Å². The molecule has 1 aliphatic heterocycles. The molecule has 1 aromatic carbocycles. The second-order valence-corrected chi connectivity index (χ2v) is 9.29. The number of primary amides is 1. The number of hydrogen-bond donors (Lipinski definition) is 1. The molecule has 3 heterocycles. The average molecular weight is 463 g/mol. The zero-order chi connectivity index (χ0) is 24.4. The number of imidazole rings is 1. The second-order valence-electron chi connectivity index (χ2n) is 9.29. The minimum atomic E-state index is -0.335. The van der Waals surface area contributed by atoms with Crippen LogP contribution in [-0.4, -0.2) is 60.3 Å². The Morgan fingerprint density at radius 1 is 1.12 bits per heavy atom. The van der Waals surface area contributed by atoms with Gasteiger partial charge in [0.1, 0.15) is 11.5 Å². The molecule has 8 heteroatoms. The van der Waals surface area contributed by atoms with Gasteiger partial charge in [-0.3, -0.25) is 14.0 Å². The minimum Gasteiger partial charge on any atom is -0.378 e. The van der Waals surface area contributed by atoms with Gasteiger partial charge < -0.3 is 20.4 Å². The molecular weight excluding hydrogens is 428 g/mol. The summed E-state index contributed by atoms with van der Waals surface area (Å²) < 4.78 is 2.01. The van der Waals surface area contributed by atoms with Crippen molar-refractivity contribution in [1.29, 1.82) is 0 Å². The standard InChI is InChI=1S/C26H34N6O2/c1-5-22-25(30(4)15-18-8-11-21(12-9-18)29(2)3)32-17-20(10-13-23(32)28-22)26(34)31-14-6-7-19(16-31)24(27)33/h8-13,17,19H,5-7,14-16H2,1-4H3,(H2,27,33). The number of nitrogens with zero attached hydrogens (tertiary/aromatic N) is 5. The zero-order valence-corrected chi connectivity index (χ0v) is 20.5. The van der Waals surface area contributed by atoms with Gasteiger partial charge in [-0.15, -0.1) is 0 Å². The van der Waals surface area contributed by atoms with Crippen molar-refractivity contribution >= 4 is 29.0 Å². The number of likely N-dealkylation sites (tertiary alicyclic amines) is 1. The number of aryl methyl sites for hydroxylation is 1. The molecule has 0 saturated carbocycles. The van der Waals surface area contributed by atoms with Gasteiger partial charge in [-0.25, -0.2) is 4.98 Å². The largest absolute Gasteiger partial charge is 0.378 e. The van der Waals surface area contributed by atoms with Crippen LogP contribution in [0.1, 0.15) is 41.4 Å². The van der Waals surface area contributed by atoms with Crippen LogP contribution < -0.4 is 15.5 Å². The van der Waals surface area contributed by atoms with E-state index in [1.165, 1.54) is 5.56 Å². The van der Waals surface area contributed by atoms with Crippen LogP contribution >= 0.6 is 0 Å². The number of aromatic nitrogens is 2. The number of nitrogens with two attached hydrogens (primary N) is 1. The molecule has 3 aromatic rings. The summed E-state index contributed by atoms with van der Waals surface area (Å²) in [5.74, 6) is 0.296. The fraction of sp³-hybridized carbons (Fsp3) is 0.423. The van der Waals surface area contributed by atoms with Crippen LogP contribution in [0.2, 0.25) is 0 Å². The number of piperidine rings is 1. The van der Waals surface area contributed by atoms with Gasteiger partial charge in [0.2, 0.25) is 5.91 Å². The Kier molecular flexibility index (Phi) is 6.77. The predicted molar refractivity (Wildman–Crippen MR) is 135 cm³/mol. The topological polar surface area (TPSA) is 87.2 Å². The highest BCUT2D eigenvalue weighted by Gasteiger charge is 2.28. The van der Waals surface area contributed by atoms with E-state index < -0.39 is 0 Å². The smallest absolute Gasteiger partial charge is 0.255 e. The fourth-order valence-corrected chi connectivity index (χ4v) is 4.67. The Labute approximate surface area is 201 Å². The van der Waals surface area contributed by atoms with E-state index in [-0.39, 0.29) is 17.7 Å². The van der Waals surface area contributed by atoms with Gasteiger partial charge in [-0.05, 0) is 49.1 Å². The zero-order valence-electron chi connectivity index (χ0n) is 20.5. The molecule has 2 amide bonds. The third kappa shape index (κ3) is 4.71. The van der Waals surface area contributed by atoms with E-state index in [1.807, 2.05) is 36.8 Å². The Balaban J connectivity index is 1.62. The molecule has 8 nitrogen and oxygen atoms in total. The Hall–Kier alpha value is -3.55. The number of anilines is 2. The lowest BCUT2D eigenvalue weighted by Gasteiger charge is -2.31. The molecule has 1 aliphatic rings. The van der Waals surface area contributed by atoms with Gasteiger partial charge in [0.05, 0.1) is 17.2 Å². The van der Waals surface area contributed by atoms with Gasteiger partial charge in [0, 0.05) is 52.7 Å². The number of hydrogen-bond acceptors (Lipinski definition) is 5. The second kappa shape index (κ2) is 9.75. The van der Waals surface area contributed by atoms with Gasteiger partial charge in [-0.1, -0.05) is 19.1 Å². The first-order valence-electron chi connectivity index (χ1n) is 11.9. The summed E-state index contributed by atoms with van der Waals surface area (Å²) in [6.45, 7) is 3.83. The van der Waals surface area contributed by atoms with Crippen molar-refractivity contribution in [2.24, 2.45) is 11.7 Å². The Morgan fingerprint density at radius 3 is 2.50 bits per heavy atom. The monoisotopic (exact) mass is 462 g/mol. The maximum absolute atomic E-state index is 13.3. The van der Waals surface area contributed by atoms with Crippen molar-refractivity contribution < 1.29 is 9.59 Å². The normalized spacial score (nSPS) is 16.0. The van der Waals surface area contributed by atoms with E-state index in [9.17, 15) is 9.59 Å². The first-order chi connectivity index (χ1) is 16.3. The lowest BCUT2D eigenvalue weighted by Crippen LogP contribution is -2.44. The van der Waals surface area contributed by atoms with Crippen LogP contribution in [0.3, 0.4) is 0 Å². The summed E-state index contributed by atoms with van der Waals surface area (Å²) in [6.07, 6.45) is 4.19. The summed E-state index contributed by atoms with van der Waals surface area (Å²) in [4.78, 5) is 35.7. The molecule has 34 heavy (non-hydrogen) atoms. The molecule has 1 fully saturated rings. The summed E-state index contributed by atoms with van der Waals surface area (Å²) >= 11 is 0. The molecule has 0 aliphatic carbocycles. The van der Waals surface area contributed by atoms with Gasteiger partial charge in [-0.2, -0.15) is 0 Å². The van der Waals surface area contributed by atoms with E-state index in [1.54, 1.807) is 4.90 Å². The molecular formula is C26H34N6O2. The van der Waals surface area contributed by atoms with Crippen LogP contribution in [0.5, 0.6) is 0 Å². The molecule has 1 unspecified atom stereocenters. The van der Waals surface area contributed by atoms with E-state index in [2.05, 4.69) is 48.0 Å². The lowest BCUT2D eigenvalue weighted by molar-refractivity contribution is -0.123. The van der Waals surface area contributed by atoms with Gasteiger partial charge >= 0.3 is 0 Å². The average Bonchev–Trinajstić information content (AvgIpc) is 3.22.